The van der Waals surface area contributed by atoms with Crippen molar-refractivity contribution in [1.82, 2.24) is 4.90 Å². The summed E-state index contributed by atoms with van der Waals surface area (Å²) >= 11 is 0. The number of allylic oxidation sites excluding steroid dienone is 2. The molecule has 6 nitrogen and oxygen atoms in total. The molecular weight excluding hydrogens is 502 g/mol. The maximum atomic E-state index is 13.7. The van der Waals surface area contributed by atoms with Crippen LogP contribution in [0.1, 0.15) is 22.3 Å². The molecule has 0 spiro atoms. The van der Waals surface area contributed by atoms with Gasteiger partial charge in [0.2, 0.25) is 11.8 Å². The minimum atomic E-state index is -1.11. The predicted octanol–water partition coefficient (Wildman–Crippen LogP) is 4.74. The fraction of sp³-hybridized carbons (Fsp3) is 0.294. The van der Waals surface area contributed by atoms with Crippen molar-refractivity contribution in [3.8, 4) is 11.1 Å². The van der Waals surface area contributed by atoms with E-state index in [-0.39, 0.29) is 35.9 Å². The smallest absolute Gasteiger partial charge is 0.330 e. The van der Waals surface area contributed by atoms with E-state index in [0.717, 1.165) is 23.1 Å². The monoisotopic (exact) mass is 531 g/mol. The van der Waals surface area contributed by atoms with Gasteiger partial charge in [0.25, 0.3) is 0 Å². The van der Waals surface area contributed by atoms with E-state index in [1.807, 2.05) is 72.8 Å². The number of amides is 2. The Morgan fingerprint density at radius 3 is 1.90 bits per heavy atom. The summed E-state index contributed by atoms with van der Waals surface area (Å²) in [7, 11) is 0. The van der Waals surface area contributed by atoms with Gasteiger partial charge in [-0.3, -0.25) is 19.3 Å². The van der Waals surface area contributed by atoms with Gasteiger partial charge in [-0.1, -0.05) is 97.1 Å². The Morgan fingerprint density at radius 1 is 0.750 bits per heavy atom. The molecule has 1 aliphatic heterocycles. The molecule has 40 heavy (non-hydrogen) atoms. The maximum absolute atomic E-state index is 13.7. The van der Waals surface area contributed by atoms with E-state index in [0.29, 0.717) is 17.4 Å². The molecule has 3 aromatic rings. The molecule has 5 aliphatic rings. The van der Waals surface area contributed by atoms with Crippen molar-refractivity contribution in [2.75, 3.05) is 6.61 Å². The molecule has 1 heterocycles. The van der Waals surface area contributed by atoms with E-state index in [4.69, 9.17) is 4.74 Å². The quantitative estimate of drug-likeness (QED) is 0.182. The molecule has 6 heteroatoms. The van der Waals surface area contributed by atoms with Crippen LogP contribution in [0.5, 0.6) is 0 Å². The van der Waals surface area contributed by atoms with Crippen molar-refractivity contribution < 1.29 is 23.9 Å². The van der Waals surface area contributed by atoms with Gasteiger partial charge in [0.1, 0.15) is 6.04 Å². The number of ether oxygens (including phenoxy) is 1. The topological polar surface area (TPSA) is 80.8 Å². The van der Waals surface area contributed by atoms with Crippen molar-refractivity contribution in [2.24, 2.45) is 35.5 Å². The highest BCUT2D eigenvalue weighted by atomic mass is 16.5. The second-order valence-electron chi connectivity index (χ2n) is 11.4. The molecule has 0 N–H and O–H groups in total. The normalized spacial score (nSPS) is 28.1. The van der Waals surface area contributed by atoms with E-state index >= 15 is 0 Å². The lowest BCUT2D eigenvalue weighted by molar-refractivity contribution is -0.158. The summed E-state index contributed by atoms with van der Waals surface area (Å²) in [4.78, 5) is 55.1. The van der Waals surface area contributed by atoms with Gasteiger partial charge in [0.15, 0.2) is 12.4 Å². The van der Waals surface area contributed by atoms with Crippen molar-refractivity contribution in [2.45, 2.75) is 18.9 Å². The van der Waals surface area contributed by atoms with E-state index in [2.05, 4.69) is 12.2 Å². The first-order valence-corrected chi connectivity index (χ1v) is 14.0. The number of rotatable bonds is 8. The van der Waals surface area contributed by atoms with Crippen molar-refractivity contribution in [3.05, 3.63) is 108 Å². The zero-order valence-corrected chi connectivity index (χ0v) is 21.9. The van der Waals surface area contributed by atoms with Crippen LogP contribution in [0.3, 0.4) is 0 Å². The van der Waals surface area contributed by atoms with Crippen LogP contribution in [0.2, 0.25) is 0 Å². The highest BCUT2D eigenvalue weighted by molar-refractivity contribution is 6.09. The number of esters is 1. The van der Waals surface area contributed by atoms with Crippen LogP contribution >= 0.6 is 0 Å². The largest absolute Gasteiger partial charge is 0.456 e. The average Bonchev–Trinajstić information content (AvgIpc) is 3.78. The van der Waals surface area contributed by atoms with Crippen LogP contribution in [0.25, 0.3) is 11.1 Å². The lowest BCUT2D eigenvalue weighted by atomic mass is 9.63. The van der Waals surface area contributed by atoms with Crippen LogP contribution < -0.4 is 0 Å². The van der Waals surface area contributed by atoms with Crippen LogP contribution in [0.15, 0.2) is 97.1 Å². The summed E-state index contributed by atoms with van der Waals surface area (Å²) in [5.74, 6) is -1.36. The van der Waals surface area contributed by atoms with Gasteiger partial charge >= 0.3 is 5.97 Å². The Hall–Kier alpha value is -4.32. The summed E-state index contributed by atoms with van der Waals surface area (Å²) in [5, 5.41) is 0. The van der Waals surface area contributed by atoms with Crippen molar-refractivity contribution in [3.63, 3.8) is 0 Å². The first-order chi connectivity index (χ1) is 19.5. The molecule has 2 bridgehead atoms. The molecule has 3 aromatic carbocycles. The summed E-state index contributed by atoms with van der Waals surface area (Å²) in [6.45, 7) is -0.463. The summed E-state index contributed by atoms with van der Waals surface area (Å²) in [6, 6.07) is 25.2. The Labute approximate surface area is 232 Å². The van der Waals surface area contributed by atoms with Gasteiger partial charge < -0.3 is 4.74 Å². The predicted molar refractivity (Wildman–Crippen MR) is 148 cm³/mol. The average molecular weight is 532 g/mol. The molecular formula is C34H29NO5. The number of likely N-dealkylation sites (tertiary alicyclic amines) is 1. The number of nitrogens with zero attached hydrogens (tertiary/aromatic N) is 1. The first-order valence-electron chi connectivity index (χ1n) is 14.0. The Bertz CT molecular complexity index is 1480. The van der Waals surface area contributed by atoms with Crippen LogP contribution in [-0.2, 0) is 25.5 Å². The number of carbonyl (C=O) groups excluding carboxylic acids is 4. The third kappa shape index (κ3) is 4.10. The fourth-order valence-electron chi connectivity index (χ4n) is 7.20. The minimum Gasteiger partial charge on any atom is -0.456 e. The molecule has 0 aromatic heterocycles. The molecule has 200 valence electrons. The second kappa shape index (κ2) is 9.70. The van der Waals surface area contributed by atoms with Crippen LogP contribution in [0.4, 0.5) is 0 Å². The fourth-order valence-corrected chi connectivity index (χ4v) is 7.20. The van der Waals surface area contributed by atoms with Gasteiger partial charge in [0, 0.05) is 12.0 Å². The molecule has 1 saturated heterocycles. The number of carbonyl (C=O) groups is 4. The van der Waals surface area contributed by atoms with Crippen LogP contribution in [0, 0.1) is 35.5 Å². The first kappa shape index (κ1) is 24.7. The van der Waals surface area contributed by atoms with Gasteiger partial charge in [-0.25, -0.2) is 4.79 Å². The SMILES string of the molecule is O=C(COC(=O)[C@H](Cc1ccccc1)N1C(=O)[C@H]2[C@@H]3C=C[C@H]([C@H]4C[C@H]34)[C@@H]2C1=O)c1ccc(-c2ccccc2)cc1. The number of Topliss-reactive ketones (excluding diaryl/α,β-unsaturated/α-hetero) is 1. The van der Waals surface area contributed by atoms with Crippen LogP contribution in [-0.4, -0.2) is 41.1 Å². The number of hydrogen-bond donors (Lipinski definition) is 0. The second-order valence-corrected chi connectivity index (χ2v) is 11.4. The third-order valence-corrected chi connectivity index (χ3v) is 9.21. The highest BCUT2D eigenvalue weighted by Crippen LogP contribution is 2.65. The lowest BCUT2D eigenvalue weighted by Gasteiger charge is -2.37. The van der Waals surface area contributed by atoms with E-state index in [9.17, 15) is 19.2 Å². The summed E-state index contributed by atoms with van der Waals surface area (Å²) in [6.07, 6.45) is 5.44. The molecule has 0 unspecified atom stereocenters. The number of hydrogen-bond acceptors (Lipinski definition) is 5. The highest BCUT2D eigenvalue weighted by Gasteiger charge is 2.68. The number of ketones is 1. The zero-order valence-electron chi connectivity index (χ0n) is 21.9. The summed E-state index contributed by atoms with van der Waals surface area (Å²) in [5.41, 5.74) is 3.25. The van der Waals surface area contributed by atoms with Gasteiger partial charge in [-0.15, -0.1) is 0 Å². The van der Waals surface area contributed by atoms with Crippen molar-refractivity contribution in [1.29, 1.82) is 0 Å². The Morgan fingerprint density at radius 2 is 1.30 bits per heavy atom. The lowest BCUT2D eigenvalue weighted by Crippen LogP contribution is -2.48. The van der Waals surface area contributed by atoms with E-state index in [1.54, 1.807) is 12.1 Å². The molecule has 4 aliphatic carbocycles. The minimum absolute atomic E-state index is 0.0651. The number of imide groups is 1. The third-order valence-electron chi connectivity index (χ3n) is 9.21. The standard InChI is InChI=1S/C34H29NO5/c36-29(23-13-11-22(12-14-23)21-9-5-2-6-10-21)19-40-34(39)28(17-20-7-3-1-4-8-20)35-32(37)30-24-15-16-25(27-18-26(24)27)31(30)33(35)38/h1-16,24-28,30-31H,17-19H2/t24-,25-,26-,27-,28+,30+,31+/m1/s1. The maximum Gasteiger partial charge on any atom is 0.330 e. The molecule has 0 radical (unpaired) electrons. The number of benzene rings is 3. The zero-order chi connectivity index (χ0) is 27.4. The molecule has 2 amide bonds. The van der Waals surface area contributed by atoms with E-state index in [1.165, 1.54) is 4.90 Å². The van der Waals surface area contributed by atoms with Crippen molar-refractivity contribution >= 4 is 23.6 Å². The van der Waals surface area contributed by atoms with Gasteiger partial charge in [-0.05, 0) is 46.8 Å². The van der Waals surface area contributed by atoms with E-state index < -0.39 is 30.5 Å². The molecule has 7 atom stereocenters. The van der Waals surface area contributed by atoms with Gasteiger partial charge in [0.05, 0.1) is 11.8 Å². The Balaban J connectivity index is 1.09. The Kier molecular flexibility index (Phi) is 5.99. The van der Waals surface area contributed by atoms with Gasteiger partial charge in [-0.2, -0.15) is 0 Å². The molecule has 8 rings (SSSR count). The summed E-state index contributed by atoms with van der Waals surface area (Å²) < 4.78 is 5.52. The molecule has 2 saturated carbocycles. The molecule has 3 fully saturated rings.